The van der Waals surface area contributed by atoms with Gasteiger partial charge in [-0.3, -0.25) is 9.69 Å². The van der Waals surface area contributed by atoms with Gasteiger partial charge >= 0.3 is 0 Å². The predicted octanol–water partition coefficient (Wildman–Crippen LogP) is 4.79. The molecule has 10 heteroatoms. The standard InChI is InChI=1S/C26H26N4O3S3/c1-18-11-13-29(14-12-18)36(32,33)22-10-6-7-19(15-22)24-20(16-23-25(31)28(2)26(34)35-23)17-30(27-24)21-8-4-3-5-9-21/h3-10,15-18H,11-14H2,1-2H3/b23-16-. The van der Waals surface area contributed by atoms with Crippen molar-refractivity contribution < 1.29 is 13.2 Å². The van der Waals surface area contributed by atoms with Crippen molar-refractivity contribution in [2.24, 2.45) is 5.92 Å². The number of para-hydroxylation sites is 1. The van der Waals surface area contributed by atoms with Crippen LogP contribution in [0.2, 0.25) is 0 Å². The van der Waals surface area contributed by atoms with Crippen LogP contribution in [-0.4, -0.2) is 57.8 Å². The molecule has 0 radical (unpaired) electrons. The molecule has 0 bridgehead atoms. The van der Waals surface area contributed by atoms with Gasteiger partial charge < -0.3 is 0 Å². The number of sulfonamides is 1. The highest BCUT2D eigenvalue weighted by Crippen LogP contribution is 2.35. The van der Waals surface area contributed by atoms with E-state index >= 15 is 0 Å². The number of rotatable bonds is 5. The molecule has 2 aliphatic rings. The van der Waals surface area contributed by atoms with E-state index in [1.165, 1.54) is 16.7 Å². The number of carbonyl (C=O) groups is 1. The van der Waals surface area contributed by atoms with Crippen molar-refractivity contribution in [2.75, 3.05) is 20.1 Å². The molecule has 3 aromatic rings. The van der Waals surface area contributed by atoms with Crippen LogP contribution in [0.3, 0.4) is 0 Å². The summed E-state index contributed by atoms with van der Waals surface area (Å²) in [6.45, 7) is 3.21. The van der Waals surface area contributed by atoms with Gasteiger partial charge in [-0.25, -0.2) is 13.1 Å². The van der Waals surface area contributed by atoms with E-state index in [0.717, 1.165) is 18.5 Å². The van der Waals surface area contributed by atoms with Gasteiger partial charge in [0.25, 0.3) is 5.91 Å². The van der Waals surface area contributed by atoms with Gasteiger partial charge in [0.05, 0.1) is 15.5 Å². The van der Waals surface area contributed by atoms with Gasteiger partial charge in [-0.05, 0) is 49.1 Å². The van der Waals surface area contributed by atoms with Gasteiger partial charge in [-0.2, -0.15) is 9.40 Å². The molecule has 0 N–H and O–H groups in total. The molecule has 5 rings (SSSR count). The number of thioether (sulfide) groups is 1. The first-order chi connectivity index (χ1) is 17.2. The summed E-state index contributed by atoms with van der Waals surface area (Å²) in [4.78, 5) is 14.9. The highest BCUT2D eigenvalue weighted by Gasteiger charge is 2.30. The molecule has 2 aromatic carbocycles. The van der Waals surface area contributed by atoms with Gasteiger partial charge in [-0.15, -0.1) is 0 Å². The molecule has 7 nitrogen and oxygen atoms in total. The van der Waals surface area contributed by atoms with E-state index in [1.807, 2.05) is 42.6 Å². The maximum absolute atomic E-state index is 13.4. The van der Waals surface area contributed by atoms with Gasteiger partial charge in [0.15, 0.2) is 0 Å². The van der Waals surface area contributed by atoms with E-state index in [-0.39, 0.29) is 10.8 Å². The molecule has 1 amide bonds. The summed E-state index contributed by atoms with van der Waals surface area (Å²) in [5.41, 5.74) is 2.81. The first kappa shape index (κ1) is 24.9. The number of thiocarbonyl (C=S) groups is 1. The number of amides is 1. The van der Waals surface area contributed by atoms with Crippen LogP contribution in [-0.2, 0) is 14.8 Å². The van der Waals surface area contributed by atoms with Crippen molar-refractivity contribution in [2.45, 2.75) is 24.7 Å². The average molecular weight is 539 g/mol. The molecule has 0 unspecified atom stereocenters. The Labute approximate surface area is 220 Å². The molecule has 1 aromatic heterocycles. The highest BCUT2D eigenvalue weighted by atomic mass is 32.2. The molecule has 36 heavy (non-hydrogen) atoms. The lowest BCUT2D eigenvalue weighted by Gasteiger charge is -2.29. The van der Waals surface area contributed by atoms with Crippen LogP contribution < -0.4 is 0 Å². The van der Waals surface area contributed by atoms with Gasteiger partial charge in [0, 0.05) is 37.5 Å². The fourth-order valence-corrected chi connectivity index (χ4v) is 6.98. The third-order valence-electron chi connectivity index (χ3n) is 6.52. The molecule has 2 aliphatic heterocycles. The quantitative estimate of drug-likeness (QED) is 0.344. The van der Waals surface area contributed by atoms with Crippen molar-refractivity contribution in [1.82, 2.24) is 19.0 Å². The van der Waals surface area contributed by atoms with Crippen LogP contribution in [0.4, 0.5) is 0 Å². The first-order valence-electron chi connectivity index (χ1n) is 11.7. The van der Waals surface area contributed by atoms with Crippen molar-refractivity contribution in [3.8, 4) is 16.9 Å². The van der Waals surface area contributed by atoms with Crippen LogP contribution >= 0.6 is 24.0 Å². The predicted molar refractivity (Wildman–Crippen MR) is 147 cm³/mol. The third-order valence-corrected chi connectivity index (χ3v) is 9.90. The molecule has 0 saturated carbocycles. The molecular weight excluding hydrogens is 513 g/mol. The third kappa shape index (κ3) is 4.78. The summed E-state index contributed by atoms with van der Waals surface area (Å²) in [6, 6.07) is 16.5. The Morgan fingerprint density at radius 3 is 2.47 bits per heavy atom. The van der Waals surface area contributed by atoms with Crippen molar-refractivity contribution in [3.63, 3.8) is 0 Å². The van der Waals surface area contributed by atoms with Crippen LogP contribution in [0.5, 0.6) is 0 Å². The van der Waals surface area contributed by atoms with Crippen LogP contribution in [0, 0.1) is 5.92 Å². The molecule has 2 saturated heterocycles. The fraction of sp³-hybridized carbons (Fsp3) is 0.269. The van der Waals surface area contributed by atoms with Crippen molar-refractivity contribution in [1.29, 1.82) is 0 Å². The number of nitrogens with zero attached hydrogens (tertiary/aromatic N) is 4. The summed E-state index contributed by atoms with van der Waals surface area (Å²) >= 11 is 6.52. The minimum atomic E-state index is -3.62. The normalized spacial score (nSPS) is 18.9. The topological polar surface area (TPSA) is 75.5 Å². The minimum Gasteiger partial charge on any atom is -0.296 e. The molecule has 0 atom stereocenters. The smallest absolute Gasteiger partial charge is 0.265 e. The van der Waals surface area contributed by atoms with E-state index in [2.05, 4.69) is 6.92 Å². The number of likely N-dealkylation sites (N-methyl/N-ethyl adjacent to an activating group) is 1. The SMILES string of the molecule is CC1CCN(S(=O)(=O)c2cccc(-c3nn(-c4ccccc4)cc3/C=C3\SC(=S)N(C)C3=O)c2)CC1. The Kier molecular flexibility index (Phi) is 6.86. The van der Waals surface area contributed by atoms with Crippen molar-refractivity contribution >= 4 is 50.3 Å². The fourth-order valence-electron chi connectivity index (χ4n) is 4.30. The summed E-state index contributed by atoms with van der Waals surface area (Å²) in [5, 5.41) is 4.80. The number of benzene rings is 2. The van der Waals surface area contributed by atoms with Gasteiger partial charge in [0.2, 0.25) is 10.0 Å². The minimum absolute atomic E-state index is 0.168. The zero-order valence-electron chi connectivity index (χ0n) is 20.0. The molecular formula is C26H26N4O3S3. The lowest BCUT2D eigenvalue weighted by atomic mass is 10.0. The summed E-state index contributed by atoms with van der Waals surface area (Å²) in [6.07, 6.45) is 5.35. The Hall–Kier alpha value is -2.79. The molecule has 2 fully saturated rings. The number of aromatic nitrogens is 2. The van der Waals surface area contributed by atoms with E-state index < -0.39 is 10.0 Å². The molecule has 0 spiro atoms. The second kappa shape index (κ2) is 9.93. The van der Waals surface area contributed by atoms with E-state index in [1.54, 1.807) is 40.3 Å². The Balaban J connectivity index is 1.58. The maximum Gasteiger partial charge on any atom is 0.265 e. The largest absolute Gasteiger partial charge is 0.296 e. The summed E-state index contributed by atoms with van der Waals surface area (Å²) in [5.74, 6) is 0.363. The monoisotopic (exact) mass is 538 g/mol. The van der Waals surface area contributed by atoms with E-state index in [9.17, 15) is 13.2 Å². The lowest BCUT2D eigenvalue weighted by Crippen LogP contribution is -2.37. The number of piperidine rings is 1. The maximum atomic E-state index is 13.4. The molecule has 186 valence electrons. The number of hydrogen-bond acceptors (Lipinski definition) is 6. The summed E-state index contributed by atoms with van der Waals surface area (Å²) in [7, 11) is -1.96. The average Bonchev–Trinajstić information content (AvgIpc) is 3.41. The van der Waals surface area contributed by atoms with Crippen LogP contribution in [0.1, 0.15) is 25.3 Å². The first-order valence-corrected chi connectivity index (χ1v) is 14.4. The zero-order valence-corrected chi connectivity index (χ0v) is 22.4. The Morgan fingerprint density at radius 2 is 1.81 bits per heavy atom. The lowest BCUT2D eigenvalue weighted by molar-refractivity contribution is -0.121. The van der Waals surface area contributed by atoms with Crippen LogP contribution in [0.25, 0.3) is 23.0 Å². The van der Waals surface area contributed by atoms with Gasteiger partial charge in [0.1, 0.15) is 10.0 Å². The van der Waals surface area contributed by atoms with Crippen LogP contribution in [0.15, 0.2) is 70.6 Å². The molecule has 0 aliphatic carbocycles. The highest BCUT2D eigenvalue weighted by molar-refractivity contribution is 8.26. The molecule has 3 heterocycles. The number of carbonyl (C=O) groups excluding carboxylic acids is 1. The van der Waals surface area contributed by atoms with E-state index in [0.29, 0.717) is 45.1 Å². The second-order valence-corrected chi connectivity index (χ2v) is 12.7. The van der Waals surface area contributed by atoms with Gasteiger partial charge in [-0.1, -0.05) is 61.2 Å². The Bertz CT molecular complexity index is 1460. The Morgan fingerprint density at radius 1 is 1.08 bits per heavy atom. The second-order valence-electron chi connectivity index (χ2n) is 9.07. The van der Waals surface area contributed by atoms with E-state index in [4.69, 9.17) is 17.3 Å². The van der Waals surface area contributed by atoms with Crippen molar-refractivity contribution in [3.05, 3.63) is 71.3 Å². The summed E-state index contributed by atoms with van der Waals surface area (Å²) < 4.78 is 30.6. The zero-order chi connectivity index (χ0) is 25.4. The number of hydrogen-bond donors (Lipinski definition) is 0.